The van der Waals surface area contributed by atoms with E-state index >= 15 is 0 Å². The van der Waals surface area contributed by atoms with Crippen LogP contribution in [0.5, 0.6) is 0 Å². The first-order valence-electron chi connectivity index (χ1n) is 9.19. The number of amidine groups is 1. The van der Waals surface area contributed by atoms with Gasteiger partial charge in [-0.3, -0.25) is 9.69 Å². The lowest BCUT2D eigenvalue weighted by Crippen LogP contribution is -2.34. The van der Waals surface area contributed by atoms with E-state index in [0.29, 0.717) is 16.9 Å². The maximum Gasteiger partial charge on any atom is 0.413 e. The van der Waals surface area contributed by atoms with Gasteiger partial charge in [0, 0.05) is 31.0 Å². The van der Waals surface area contributed by atoms with E-state index in [0.717, 1.165) is 0 Å². The molecule has 30 heavy (non-hydrogen) atoms. The number of anilines is 2. The van der Waals surface area contributed by atoms with Crippen LogP contribution in [0.15, 0.2) is 57.8 Å². The Kier molecular flexibility index (Phi) is 6.06. The lowest BCUT2D eigenvalue weighted by molar-refractivity contribution is -0.116. The average molecular weight is 430 g/mol. The first kappa shape index (κ1) is 21.3. The zero-order valence-corrected chi connectivity index (χ0v) is 17.6. The molecule has 158 valence electrons. The number of ether oxygens (including phenoxy) is 1. The van der Waals surface area contributed by atoms with Gasteiger partial charge in [0.1, 0.15) is 4.90 Å². The highest BCUT2D eigenvalue weighted by atomic mass is 32.2. The summed E-state index contributed by atoms with van der Waals surface area (Å²) in [5.41, 5.74) is 1.63. The first-order chi connectivity index (χ1) is 14.2. The van der Waals surface area contributed by atoms with Crippen LogP contribution < -0.4 is 10.2 Å². The Hall–Kier alpha value is -3.40. The van der Waals surface area contributed by atoms with Crippen LogP contribution in [-0.4, -0.2) is 58.4 Å². The highest BCUT2D eigenvalue weighted by Gasteiger charge is 2.30. The zero-order valence-electron chi connectivity index (χ0n) is 16.8. The topological polar surface area (TPSA) is 108 Å². The minimum Gasteiger partial charge on any atom is -0.449 e. The number of carbonyl (C=O) groups excluding carboxylic acids is 2. The van der Waals surface area contributed by atoms with Crippen molar-refractivity contribution in [1.82, 2.24) is 4.90 Å². The van der Waals surface area contributed by atoms with Crippen LogP contribution >= 0.6 is 0 Å². The van der Waals surface area contributed by atoms with Gasteiger partial charge in [-0.15, -0.1) is 4.40 Å². The van der Waals surface area contributed by atoms with Crippen LogP contribution in [0.25, 0.3) is 0 Å². The molecule has 0 atom stereocenters. The molecule has 0 radical (unpaired) electrons. The molecule has 0 bridgehead atoms. The predicted octanol–water partition coefficient (Wildman–Crippen LogP) is 2.30. The molecule has 10 heteroatoms. The molecule has 1 aliphatic heterocycles. The van der Waals surface area contributed by atoms with Gasteiger partial charge in [-0.1, -0.05) is 12.1 Å². The Morgan fingerprint density at radius 3 is 2.40 bits per heavy atom. The van der Waals surface area contributed by atoms with Gasteiger partial charge in [0.2, 0.25) is 5.91 Å². The summed E-state index contributed by atoms with van der Waals surface area (Å²) in [7, 11) is -0.550. The third kappa shape index (κ3) is 4.43. The Labute approximate surface area is 175 Å². The summed E-state index contributed by atoms with van der Waals surface area (Å²) in [6, 6.07) is 13.2. The lowest BCUT2D eigenvalue weighted by Gasteiger charge is -2.19. The fourth-order valence-electron chi connectivity index (χ4n) is 2.95. The predicted molar refractivity (Wildman–Crippen MR) is 113 cm³/mol. The molecule has 1 aliphatic rings. The molecule has 2 aromatic carbocycles. The van der Waals surface area contributed by atoms with Gasteiger partial charge in [0.15, 0.2) is 5.84 Å². The van der Waals surface area contributed by atoms with Gasteiger partial charge in [-0.25, -0.2) is 4.79 Å². The van der Waals surface area contributed by atoms with Crippen LogP contribution in [0.1, 0.15) is 12.5 Å². The van der Waals surface area contributed by atoms with Crippen molar-refractivity contribution >= 4 is 39.2 Å². The summed E-state index contributed by atoms with van der Waals surface area (Å²) in [5.74, 6) is -0.111. The number of likely N-dealkylation sites (N-methyl/N-ethyl adjacent to an activating group) is 1. The van der Waals surface area contributed by atoms with Crippen molar-refractivity contribution in [2.24, 2.45) is 4.40 Å². The number of nitrogens with zero attached hydrogens (tertiary/aromatic N) is 3. The number of hydrogen-bond acceptors (Lipinski definition) is 6. The number of fused-ring (bicyclic) bond motifs is 1. The second-order valence-electron chi connectivity index (χ2n) is 6.60. The molecular formula is C20H22N4O5S. The van der Waals surface area contributed by atoms with E-state index in [1.165, 1.54) is 15.9 Å². The van der Waals surface area contributed by atoms with Crippen LogP contribution in [0.3, 0.4) is 0 Å². The van der Waals surface area contributed by atoms with Gasteiger partial charge in [-0.2, -0.15) is 8.42 Å². The summed E-state index contributed by atoms with van der Waals surface area (Å²) in [6.45, 7) is 1.92. The van der Waals surface area contributed by atoms with Crippen LogP contribution in [-0.2, 0) is 19.6 Å². The molecule has 0 unspecified atom stereocenters. The molecule has 2 aromatic rings. The van der Waals surface area contributed by atoms with Crippen molar-refractivity contribution in [2.45, 2.75) is 11.8 Å². The quantitative estimate of drug-likeness (QED) is 0.780. The maximum atomic E-state index is 12.4. The average Bonchev–Trinajstić information content (AvgIpc) is 2.99. The number of rotatable bonds is 5. The molecular weight excluding hydrogens is 408 g/mol. The van der Waals surface area contributed by atoms with E-state index in [1.807, 2.05) is 0 Å². The fourth-order valence-corrected chi connectivity index (χ4v) is 4.20. The molecule has 1 N–H and O–H groups in total. The van der Waals surface area contributed by atoms with Crippen LogP contribution in [0.4, 0.5) is 16.2 Å². The number of nitrogens with one attached hydrogen (secondary N) is 1. The summed E-state index contributed by atoms with van der Waals surface area (Å²) < 4.78 is 33.1. The molecule has 0 fully saturated rings. The Bertz CT molecular complexity index is 1100. The molecule has 3 rings (SSSR count). The number of hydrogen-bond donors (Lipinski definition) is 1. The normalized spacial score (nSPS) is 13.8. The first-order valence-corrected chi connectivity index (χ1v) is 10.6. The van der Waals surface area contributed by atoms with Gasteiger partial charge in [0.05, 0.1) is 13.2 Å². The molecule has 1 heterocycles. The summed E-state index contributed by atoms with van der Waals surface area (Å²) in [4.78, 5) is 27.2. The van der Waals surface area contributed by atoms with Gasteiger partial charge in [-0.05, 0) is 43.3 Å². The standard InChI is InChI=1S/C20H22N4O5S/c1-4-29-20(26)24(3)15-11-9-14(10-12-15)21-18(25)13-23(2)19-16-7-5-6-8-17(16)30(27,28)22-19/h5-12H,4,13H2,1-3H3,(H,21,25). The second-order valence-corrected chi connectivity index (χ2v) is 8.17. The number of benzene rings is 2. The second kappa shape index (κ2) is 8.54. The highest BCUT2D eigenvalue weighted by molar-refractivity contribution is 7.90. The largest absolute Gasteiger partial charge is 0.449 e. The summed E-state index contributed by atoms with van der Waals surface area (Å²) in [5, 5.41) is 2.74. The smallest absolute Gasteiger partial charge is 0.413 e. The van der Waals surface area contributed by atoms with Gasteiger partial charge < -0.3 is 15.0 Å². The third-order valence-corrected chi connectivity index (χ3v) is 5.76. The molecule has 9 nitrogen and oxygen atoms in total. The zero-order chi connectivity index (χ0) is 21.9. The SMILES string of the molecule is CCOC(=O)N(C)c1ccc(NC(=O)CN(C)C2=NS(=O)(=O)c3ccccc32)cc1. The van der Waals surface area contributed by atoms with Crippen molar-refractivity contribution in [3.05, 3.63) is 54.1 Å². The number of sulfonamides is 1. The van der Waals surface area contributed by atoms with E-state index in [-0.39, 0.29) is 29.8 Å². The monoisotopic (exact) mass is 430 g/mol. The Balaban J connectivity index is 1.64. The minimum absolute atomic E-state index is 0.0901. The van der Waals surface area contributed by atoms with E-state index in [1.54, 1.807) is 63.5 Å². The third-order valence-electron chi connectivity index (χ3n) is 4.43. The molecule has 0 saturated carbocycles. The van der Waals surface area contributed by atoms with E-state index in [9.17, 15) is 18.0 Å². The molecule has 2 amide bonds. The fraction of sp³-hybridized carbons (Fsp3) is 0.250. The highest BCUT2D eigenvalue weighted by Crippen LogP contribution is 2.27. The molecule has 0 spiro atoms. The summed E-state index contributed by atoms with van der Waals surface area (Å²) >= 11 is 0. The molecule has 0 aromatic heterocycles. The maximum absolute atomic E-state index is 12.4. The Morgan fingerprint density at radius 1 is 1.07 bits per heavy atom. The van der Waals surface area contributed by atoms with E-state index in [2.05, 4.69) is 9.71 Å². The van der Waals surface area contributed by atoms with Crippen molar-refractivity contribution in [3.63, 3.8) is 0 Å². The van der Waals surface area contributed by atoms with E-state index < -0.39 is 16.1 Å². The van der Waals surface area contributed by atoms with Gasteiger partial charge >= 0.3 is 6.09 Å². The van der Waals surface area contributed by atoms with Crippen molar-refractivity contribution in [1.29, 1.82) is 0 Å². The van der Waals surface area contributed by atoms with Crippen LogP contribution in [0, 0.1) is 0 Å². The Morgan fingerprint density at radius 2 is 1.73 bits per heavy atom. The molecule has 0 aliphatic carbocycles. The number of amides is 2. The van der Waals surface area contributed by atoms with Crippen molar-refractivity contribution < 1.29 is 22.7 Å². The number of carbonyl (C=O) groups is 2. The van der Waals surface area contributed by atoms with Crippen molar-refractivity contribution in [3.8, 4) is 0 Å². The lowest BCUT2D eigenvalue weighted by atomic mass is 10.2. The minimum atomic E-state index is -3.75. The van der Waals surface area contributed by atoms with Gasteiger partial charge in [0.25, 0.3) is 10.0 Å². The van der Waals surface area contributed by atoms with E-state index in [4.69, 9.17) is 4.74 Å². The molecule has 0 saturated heterocycles. The van der Waals surface area contributed by atoms with Crippen molar-refractivity contribution in [2.75, 3.05) is 37.5 Å². The summed E-state index contributed by atoms with van der Waals surface area (Å²) in [6.07, 6.45) is -0.469. The van der Waals surface area contributed by atoms with Crippen LogP contribution in [0.2, 0.25) is 0 Å².